The van der Waals surface area contributed by atoms with Crippen LogP contribution in [-0.4, -0.2) is 39.0 Å². The van der Waals surface area contributed by atoms with Crippen molar-refractivity contribution >= 4 is 0 Å². The van der Waals surface area contributed by atoms with E-state index in [1.165, 1.54) is 0 Å². The molecule has 0 aromatic rings. The summed E-state index contributed by atoms with van der Waals surface area (Å²) in [7, 11) is 3.76. The highest BCUT2D eigenvalue weighted by Crippen LogP contribution is 2.29. The van der Waals surface area contributed by atoms with Crippen LogP contribution in [0.2, 0.25) is 0 Å². The van der Waals surface area contributed by atoms with Crippen molar-refractivity contribution in [2.45, 2.75) is 37.8 Å². The molecule has 0 radical (unpaired) electrons. The van der Waals surface area contributed by atoms with Crippen LogP contribution in [0.25, 0.3) is 0 Å². The van der Waals surface area contributed by atoms with E-state index in [0.717, 1.165) is 32.5 Å². The van der Waals surface area contributed by atoms with E-state index in [-0.39, 0.29) is 5.60 Å². The molecule has 0 amide bonds. The molecule has 3 heteroatoms. The Morgan fingerprint density at radius 3 is 2.60 bits per heavy atom. The van der Waals surface area contributed by atoms with Gasteiger partial charge in [0.2, 0.25) is 0 Å². The fourth-order valence-electron chi connectivity index (χ4n) is 2.17. The number of rotatable bonds is 4. The Kier molecular flexibility index (Phi) is 5.10. The van der Waals surface area contributed by atoms with Crippen LogP contribution in [-0.2, 0) is 9.47 Å². The van der Waals surface area contributed by atoms with Gasteiger partial charge in [0.15, 0.2) is 0 Å². The second kappa shape index (κ2) is 6.12. The third-order valence-corrected chi connectivity index (χ3v) is 3.21. The van der Waals surface area contributed by atoms with Gasteiger partial charge in [0.05, 0.1) is 5.60 Å². The quantitative estimate of drug-likeness (QED) is 0.708. The van der Waals surface area contributed by atoms with Crippen molar-refractivity contribution in [1.82, 2.24) is 5.32 Å². The molecule has 0 aromatic heterocycles. The summed E-state index contributed by atoms with van der Waals surface area (Å²) in [5.41, 5.74) is -0.100. The average Bonchev–Trinajstić information content (AvgIpc) is 2.31. The molecule has 0 spiro atoms. The zero-order valence-electron chi connectivity index (χ0n) is 9.93. The summed E-state index contributed by atoms with van der Waals surface area (Å²) >= 11 is 0. The molecule has 1 heterocycles. The third kappa shape index (κ3) is 2.94. The molecule has 1 N–H and O–H groups in total. The minimum absolute atomic E-state index is 0.100. The smallest absolute Gasteiger partial charge is 0.0883 e. The largest absolute Gasteiger partial charge is 0.381 e. The van der Waals surface area contributed by atoms with Crippen LogP contribution in [0.4, 0.5) is 0 Å². The van der Waals surface area contributed by atoms with Gasteiger partial charge in [0, 0.05) is 45.6 Å². The lowest BCUT2D eigenvalue weighted by molar-refractivity contribution is -0.108. The number of hydrogen-bond acceptors (Lipinski definition) is 3. The number of methoxy groups -OCH3 is 1. The Morgan fingerprint density at radius 1 is 1.47 bits per heavy atom. The summed E-state index contributed by atoms with van der Waals surface area (Å²) in [6.45, 7) is 3.44. The molecule has 1 fully saturated rings. The Labute approximate surface area is 92.5 Å². The molecule has 1 unspecified atom stereocenters. The molecular formula is C12H21NO2. The first-order chi connectivity index (χ1) is 7.29. The third-order valence-electron chi connectivity index (χ3n) is 3.21. The van der Waals surface area contributed by atoms with Gasteiger partial charge in [0.1, 0.15) is 0 Å². The summed E-state index contributed by atoms with van der Waals surface area (Å²) in [6, 6.07) is 0.291. The van der Waals surface area contributed by atoms with Crippen LogP contribution >= 0.6 is 0 Å². The summed E-state index contributed by atoms with van der Waals surface area (Å²) in [5, 5.41) is 3.32. The number of hydrogen-bond donors (Lipinski definition) is 1. The van der Waals surface area contributed by atoms with Gasteiger partial charge in [0.25, 0.3) is 0 Å². The molecule has 1 saturated heterocycles. The maximum atomic E-state index is 5.72. The van der Waals surface area contributed by atoms with Gasteiger partial charge in [-0.15, -0.1) is 11.8 Å². The molecule has 1 atom stereocenters. The first kappa shape index (κ1) is 12.5. The lowest BCUT2D eigenvalue weighted by Crippen LogP contribution is -2.53. The molecule has 0 bridgehead atoms. The Morgan fingerprint density at radius 2 is 2.13 bits per heavy atom. The molecule has 3 nitrogen and oxygen atoms in total. The molecule has 0 aromatic carbocycles. The highest BCUT2D eigenvalue weighted by Gasteiger charge is 2.39. The molecule has 1 rings (SSSR count). The van der Waals surface area contributed by atoms with Crippen LogP contribution in [0.1, 0.15) is 26.2 Å². The predicted molar refractivity (Wildman–Crippen MR) is 60.7 cm³/mol. The van der Waals surface area contributed by atoms with Crippen molar-refractivity contribution in [2.75, 3.05) is 27.4 Å². The number of ether oxygens (including phenoxy) is 2. The zero-order chi connectivity index (χ0) is 11.1. The highest BCUT2D eigenvalue weighted by atomic mass is 16.5. The molecular weight excluding hydrogens is 190 g/mol. The van der Waals surface area contributed by atoms with Crippen LogP contribution in [0.15, 0.2) is 0 Å². The van der Waals surface area contributed by atoms with Crippen molar-refractivity contribution in [1.29, 1.82) is 0 Å². The van der Waals surface area contributed by atoms with Crippen LogP contribution in [0.3, 0.4) is 0 Å². The first-order valence-electron chi connectivity index (χ1n) is 5.49. The van der Waals surface area contributed by atoms with E-state index in [1.807, 2.05) is 14.0 Å². The zero-order valence-corrected chi connectivity index (χ0v) is 9.93. The van der Waals surface area contributed by atoms with E-state index in [9.17, 15) is 0 Å². The summed E-state index contributed by atoms with van der Waals surface area (Å²) in [6.07, 6.45) is 2.72. The second-order valence-electron chi connectivity index (χ2n) is 3.85. The van der Waals surface area contributed by atoms with Crippen LogP contribution in [0, 0.1) is 11.8 Å². The minimum atomic E-state index is -0.100. The fourth-order valence-corrected chi connectivity index (χ4v) is 2.17. The van der Waals surface area contributed by atoms with E-state index >= 15 is 0 Å². The van der Waals surface area contributed by atoms with Crippen molar-refractivity contribution in [3.05, 3.63) is 0 Å². The summed E-state index contributed by atoms with van der Waals surface area (Å²) in [5.74, 6) is 6.06. The van der Waals surface area contributed by atoms with E-state index in [1.54, 1.807) is 7.11 Å². The van der Waals surface area contributed by atoms with E-state index in [4.69, 9.17) is 9.47 Å². The van der Waals surface area contributed by atoms with Crippen molar-refractivity contribution in [3.8, 4) is 11.8 Å². The Balaban J connectivity index is 2.69. The first-order valence-corrected chi connectivity index (χ1v) is 5.49. The average molecular weight is 211 g/mol. The lowest BCUT2D eigenvalue weighted by atomic mass is 9.84. The van der Waals surface area contributed by atoms with Gasteiger partial charge in [-0.25, -0.2) is 0 Å². The Hall–Kier alpha value is -0.560. The summed E-state index contributed by atoms with van der Waals surface area (Å²) < 4.78 is 11.1. The minimum Gasteiger partial charge on any atom is -0.381 e. The van der Waals surface area contributed by atoms with Crippen LogP contribution in [0.5, 0.6) is 0 Å². The highest BCUT2D eigenvalue weighted by molar-refractivity contribution is 5.04. The molecule has 1 aliphatic rings. The van der Waals surface area contributed by atoms with Gasteiger partial charge < -0.3 is 14.8 Å². The van der Waals surface area contributed by atoms with Gasteiger partial charge in [-0.1, -0.05) is 0 Å². The molecule has 86 valence electrons. The maximum absolute atomic E-state index is 5.72. The molecule has 1 aliphatic heterocycles. The normalized spacial score (nSPS) is 21.5. The SMILES string of the molecule is CC#CCC(NC)C1(OC)CCOCC1. The predicted octanol–water partition coefficient (Wildman–Crippen LogP) is 1.18. The van der Waals surface area contributed by atoms with Gasteiger partial charge >= 0.3 is 0 Å². The van der Waals surface area contributed by atoms with Gasteiger partial charge in [-0.2, -0.15) is 0 Å². The number of likely N-dealkylation sites (N-methyl/N-ethyl adjacent to an activating group) is 1. The van der Waals surface area contributed by atoms with E-state index < -0.39 is 0 Å². The van der Waals surface area contributed by atoms with Gasteiger partial charge in [-0.05, 0) is 14.0 Å². The maximum Gasteiger partial charge on any atom is 0.0883 e. The lowest BCUT2D eigenvalue weighted by Gasteiger charge is -2.41. The standard InChI is InChI=1S/C12H21NO2/c1-4-5-6-11(13-2)12(14-3)7-9-15-10-8-12/h11,13H,6-10H2,1-3H3. The van der Waals surface area contributed by atoms with E-state index in [0.29, 0.717) is 6.04 Å². The van der Waals surface area contributed by atoms with E-state index in [2.05, 4.69) is 17.2 Å². The molecule has 0 saturated carbocycles. The second-order valence-corrected chi connectivity index (χ2v) is 3.85. The Bertz CT molecular complexity index is 236. The molecule has 0 aliphatic carbocycles. The number of nitrogens with one attached hydrogen (secondary N) is 1. The van der Waals surface area contributed by atoms with Crippen molar-refractivity contribution in [2.24, 2.45) is 0 Å². The van der Waals surface area contributed by atoms with Crippen molar-refractivity contribution in [3.63, 3.8) is 0 Å². The van der Waals surface area contributed by atoms with Crippen LogP contribution < -0.4 is 5.32 Å². The van der Waals surface area contributed by atoms with Crippen molar-refractivity contribution < 1.29 is 9.47 Å². The van der Waals surface area contributed by atoms with Gasteiger partial charge in [-0.3, -0.25) is 0 Å². The topological polar surface area (TPSA) is 30.5 Å². The summed E-state index contributed by atoms with van der Waals surface area (Å²) in [4.78, 5) is 0. The monoisotopic (exact) mass is 211 g/mol. The molecule has 15 heavy (non-hydrogen) atoms. The fraction of sp³-hybridized carbons (Fsp3) is 0.833.